The zero-order valence-corrected chi connectivity index (χ0v) is 13.4. The second kappa shape index (κ2) is 4.69. The molecule has 110 valence electrons. The van der Waals surface area contributed by atoms with E-state index in [9.17, 15) is 0 Å². The minimum absolute atomic E-state index is 0.131. The third-order valence-corrected chi connectivity index (χ3v) is 5.04. The Hall–Kier alpha value is -0.625. The Morgan fingerprint density at radius 3 is 2.30 bits per heavy atom. The van der Waals surface area contributed by atoms with E-state index in [4.69, 9.17) is 18.8 Å². The maximum Gasteiger partial charge on any atom is 0.515 e. The summed E-state index contributed by atoms with van der Waals surface area (Å²) in [7, 11) is -0.425. The Bertz CT molecular complexity index is 496. The third-order valence-electron chi connectivity index (χ3n) is 4.16. The molecule has 2 aliphatic rings. The van der Waals surface area contributed by atoms with Crippen molar-refractivity contribution in [2.24, 2.45) is 0 Å². The average Bonchev–Trinajstić information content (AvgIpc) is 2.72. The van der Waals surface area contributed by atoms with Gasteiger partial charge in [-0.25, -0.2) is 4.98 Å². The SMILES string of the molecule is Cc1sc(OC2COC2)nc1B1OC(C)(C)C(C)(C)O1. The van der Waals surface area contributed by atoms with Crippen LogP contribution in [0.1, 0.15) is 32.6 Å². The summed E-state index contributed by atoms with van der Waals surface area (Å²) in [6, 6.07) is 0. The predicted molar refractivity (Wildman–Crippen MR) is 77.8 cm³/mol. The topological polar surface area (TPSA) is 49.8 Å². The summed E-state index contributed by atoms with van der Waals surface area (Å²) in [5, 5.41) is 0.667. The molecule has 7 heteroatoms. The lowest BCUT2D eigenvalue weighted by atomic mass is 9.84. The van der Waals surface area contributed by atoms with Crippen molar-refractivity contribution < 1.29 is 18.8 Å². The van der Waals surface area contributed by atoms with Crippen molar-refractivity contribution in [1.82, 2.24) is 4.98 Å². The minimum atomic E-state index is -0.425. The van der Waals surface area contributed by atoms with E-state index >= 15 is 0 Å². The van der Waals surface area contributed by atoms with E-state index in [-0.39, 0.29) is 17.3 Å². The Morgan fingerprint density at radius 2 is 1.80 bits per heavy atom. The highest BCUT2D eigenvalue weighted by Gasteiger charge is 2.53. The maximum atomic E-state index is 6.03. The van der Waals surface area contributed by atoms with Crippen LogP contribution in [0.25, 0.3) is 0 Å². The highest BCUT2D eigenvalue weighted by molar-refractivity contribution is 7.14. The van der Waals surface area contributed by atoms with Crippen molar-refractivity contribution in [3.05, 3.63) is 4.88 Å². The molecule has 0 atom stereocenters. The first-order valence-electron chi connectivity index (χ1n) is 6.86. The first-order valence-corrected chi connectivity index (χ1v) is 7.67. The van der Waals surface area contributed by atoms with Gasteiger partial charge in [-0.2, -0.15) is 0 Å². The van der Waals surface area contributed by atoms with Crippen LogP contribution in [0.3, 0.4) is 0 Å². The summed E-state index contributed by atoms with van der Waals surface area (Å²) in [5.41, 5.74) is 0.122. The standard InChI is InChI=1S/C13H20BNO4S/c1-8-10(14-18-12(2,3)13(4,5)19-14)15-11(20-8)17-9-6-16-7-9/h9H,6-7H2,1-5H3. The molecule has 20 heavy (non-hydrogen) atoms. The van der Waals surface area contributed by atoms with E-state index < -0.39 is 7.12 Å². The molecule has 0 aliphatic carbocycles. The number of thiazole rings is 1. The first-order chi connectivity index (χ1) is 9.28. The van der Waals surface area contributed by atoms with Crippen LogP contribution in [0.4, 0.5) is 0 Å². The molecule has 1 aromatic rings. The summed E-state index contributed by atoms with van der Waals surface area (Å²) >= 11 is 1.53. The van der Waals surface area contributed by atoms with Gasteiger partial charge in [-0.15, -0.1) is 0 Å². The smallest absolute Gasteiger partial charge is 0.462 e. The van der Waals surface area contributed by atoms with Crippen molar-refractivity contribution in [3.63, 3.8) is 0 Å². The highest BCUT2D eigenvalue weighted by Crippen LogP contribution is 2.37. The zero-order chi connectivity index (χ0) is 14.5. The van der Waals surface area contributed by atoms with Gasteiger partial charge in [0.2, 0.25) is 0 Å². The first kappa shape index (κ1) is 14.3. The molecule has 2 aliphatic heterocycles. The van der Waals surface area contributed by atoms with Gasteiger partial charge in [0.25, 0.3) is 5.19 Å². The fraction of sp³-hybridized carbons (Fsp3) is 0.769. The van der Waals surface area contributed by atoms with Crippen LogP contribution in [0.2, 0.25) is 0 Å². The molecule has 0 bridgehead atoms. The molecule has 0 aromatic carbocycles. The lowest BCUT2D eigenvalue weighted by Crippen LogP contribution is -2.41. The van der Waals surface area contributed by atoms with E-state index in [2.05, 4.69) is 4.98 Å². The highest BCUT2D eigenvalue weighted by atomic mass is 32.1. The quantitative estimate of drug-likeness (QED) is 0.792. The van der Waals surface area contributed by atoms with Crippen LogP contribution in [0, 0.1) is 6.92 Å². The number of aromatic nitrogens is 1. The molecule has 2 fully saturated rings. The Balaban J connectivity index is 1.77. The van der Waals surface area contributed by atoms with Gasteiger partial charge in [0.15, 0.2) is 0 Å². The van der Waals surface area contributed by atoms with Crippen molar-refractivity contribution in [2.45, 2.75) is 51.9 Å². The van der Waals surface area contributed by atoms with Crippen LogP contribution in [-0.4, -0.2) is 42.6 Å². The van der Waals surface area contributed by atoms with Gasteiger partial charge in [-0.3, -0.25) is 0 Å². The molecule has 0 N–H and O–H groups in total. The van der Waals surface area contributed by atoms with E-state index in [1.165, 1.54) is 11.3 Å². The fourth-order valence-electron chi connectivity index (χ4n) is 2.03. The minimum Gasteiger partial charge on any atom is -0.462 e. The molecule has 3 rings (SSSR count). The van der Waals surface area contributed by atoms with Crippen LogP contribution < -0.4 is 10.3 Å². The van der Waals surface area contributed by atoms with Crippen molar-refractivity contribution in [1.29, 1.82) is 0 Å². The summed E-state index contributed by atoms with van der Waals surface area (Å²) in [6.45, 7) is 11.5. The van der Waals surface area contributed by atoms with Gasteiger partial charge in [0, 0.05) is 4.88 Å². The Labute approximate surface area is 123 Å². The molecule has 0 spiro atoms. The monoisotopic (exact) mass is 297 g/mol. The van der Waals surface area contributed by atoms with Gasteiger partial charge in [-0.1, -0.05) is 11.3 Å². The summed E-state index contributed by atoms with van der Waals surface area (Å²) in [4.78, 5) is 5.60. The maximum absolute atomic E-state index is 6.03. The Kier molecular flexibility index (Phi) is 3.36. The molecule has 1 aromatic heterocycles. The zero-order valence-electron chi connectivity index (χ0n) is 12.6. The molecule has 0 unspecified atom stereocenters. The van der Waals surface area contributed by atoms with E-state index in [0.29, 0.717) is 18.4 Å². The fourth-order valence-corrected chi connectivity index (χ4v) is 2.87. The van der Waals surface area contributed by atoms with Crippen molar-refractivity contribution in [2.75, 3.05) is 13.2 Å². The molecule has 0 radical (unpaired) electrons. The van der Waals surface area contributed by atoms with Crippen LogP contribution in [0.5, 0.6) is 5.19 Å². The number of hydrogen-bond acceptors (Lipinski definition) is 6. The number of rotatable bonds is 3. The molecular formula is C13H20BNO4S. The molecule has 2 saturated heterocycles. The van der Waals surface area contributed by atoms with Gasteiger partial charge in [-0.05, 0) is 34.6 Å². The lowest BCUT2D eigenvalue weighted by Gasteiger charge is -2.32. The average molecular weight is 297 g/mol. The van der Waals surface area contributed by atoms with E-state index in [0.717, 1.165) is 10.5 Å². The van der Waals surface area contributed by atoms with Crippen LogP contribution in [-0.2, 0) is 14.0 Å². The lowest BCUT2D eigenvalue weighted by molar-refractivity contribution is -0.0796. The van der Waals surface area contributed by atoms with E-state index in [1.54, 1.807) is 0 Å². The number of nitrogens with zero attached hydrogens (tertiary/aromatic N) is 1. The van der Waals surface area contributed by atoms with Gasteiger partial charge in [0.1, 0.15) is 6.10 Å². The number of hydrogen-bond donors (Lipinski definition) is 0. The molecule has 0 saturated carbocycles. The van der Waals surface area contributed by atoms with Gasteiger partial charge < -0.3 is 18.8 Å². The molecule has 3 heterocycles. The Morgan fingerprint density at radius 1 is 1.20 bits per heavy atom. The van der Waals surface area contributed by atoms with Gasteiger partial charge >= 0.3 is 7.12 Å². The summed E-state index contributed by atoms with van der Waals surface area (Å²) < 4.78 is 22.9. The second-order valence-corrected chi connectivity index (χ2v) is 7.45. The third kappa shape index (κ3) is 2.37. The second-order valence-electron chi connectivity index (χ2n) is 6.29. The predicted octanol–water partition coefficient (Wildman–Crippen LogP) is 1.53. The normalized spacial score (nSPS) is 24.8. The van der Waals surface area contributed by atoms with Crippen molar-refractivity contribution >= 4 is 24.0 Å². The number of ether oxygens (including phenoxy) is 2. The van der Waals surface area contributed by atoms with E-state index in [1.807, 2.05) is 34.6 Å². The van der Waals surface area contributed by atoms with Gasteiger partial charge in [0.05, 0.1) is 30.0 Å². The number of aryl methyl sites for hydroxylation is 1. The van der Waals surface area contributed by atoms with Crippen LogP contribution in [0.15, 0.2) is 0 Å². The summed E-state index contributed by atoms with van der Waals surface area (Å²) in [5.74, 6) is 0. The largest absolute Gasteiger partial charge is 0.515 e. The van der Waals surface area contributed by atoms with Crippen LogP contribution >= 0.6 is 11.3 Å². The molecular weight excluding hydrogens is 277 g/mol. The molecule has 5 nitrogen and oxygen atoms in total. The molecule has 0 amide bonds. The van der Waals surface area contributed by atoms with Crippen molar-refractivity contribution in [3.8, 4) is 5.19 Å². The summed E-state index contributed by atoms with van der Waals surface area (Å²) in [6.07, 6.45) is 0.131.